The van der Waals surface area contributed by atoms with Gasteiger partial charge in [0.25, 0.3) is 0 Å². The van der Waals surface area contributed by atoms with Gasteiger partial charge in [0.15, 0.2) is 0 Å². The van der Waals surface area contributed by atoms with E-state index in [1.807, 2.05) is 0 Å². The van der Waals surface area contributed by atoms with Crippen molar-refractivity contribution in [2.24, 2.45) is 0 Å². The Morgan fingerprint density at radius 2 is 1.76 bits per heavy atom. The molecule has 1 aromatic rings. The SMILES string of the molecule is COC1=Cc2cc(C)c(OC)cc2CC(C)=C1. The number of benzene rings is 1. The lowest BCUT2D eigenvalue weighted by Crippen LogP contribution is -1.94. The smallest absolute Gasteiger partial charge is 0.122 e. The van der Waals surface area contributed by atoms with E-state index in [4.69, 9.17) is 9.47 Å². The first-order valence-corrected chi connectivity index (χ1v) is 5.74. The topological polar surface area (TPSA) is 18.5 Å². The van der Waals surface area contributed by atoms with Crippen molar-refractivity contribution < 1.29 is 9.47 Å². The number of allylic oxidation sites excluding steroid dienone is 2. The summed E-state index contributed by atoms with van der Waals surface area (Å²) in [7, 11) is 3.42. The molecular formula is C15H18O2. The number of aryl methyl sites for hydroxylation is 1. The predicted molar refractivity (Wildman–Crippen MR) is 70.2 cm³/mol. The largest absolute Gasteiger partial charge is 0.497 e. The summed E-state index contributed by atoms with van der Waals surface area (Å²) >= 11 is 0. The summed E-state index contributed by atoms with van der Waals surface area (Å²) in [6, 6.07) is 4.27. The van der Waals surface area contributed by atoms with Gasteiger partial charge in [-0.25, -0.2) is 0 Å². The van der Waals surface area contributed by atoms with Crippen LogP contribution in [0, 0.1) is 6.92 Å². The summed E-state index contributed by atoms with van der Waals surface area (Å²) in [4.78, 5) is 0. The summed E-state index contributed by atoms with van der Waals surface area (Å²) in [5.41, 5.74) is 4.95. The molecule has 2 nitrogen and oxygen atoms in total. The van der Waals surface area contributed by atoms with E-state index in [9.17, 15) is 0 Å². The van der Waals surface area contributed by atoms with Crippen molar-refractivity contribution in [3.8, 4) is 5.75 Å². The van der Waals surface area contributed by atoms with Gasteiger partial charge in [0, 0.05) is 0 Å². The quantitative estimate of drug-likeness (QED) is 0.774. The highest BCUT2D eigenvalue weighted by Crippen LogP contribution is 2.29. The minimum atomic E-state index is 0.908. The molecule has 0 heterocycles. The standard InChI is InChI=1S/C15H18O2/c1-10-5-12-9-15(17-4)11(2)7-13(12)8-14(6-10)16-3/h6-9H,5H2,1-4H3. The molecule has 1 aliphatic carbocycles. The van der Waals surface area contributed by atoms with E-state index in [0.717, 1.165) is 23.5 Å². The van der Waals surface area contributed by atoms with Gasteiger partial charge in [-0.15, -0.1) is 0 Å². The van der Waals surface area contributed by atoms with Gasteiger partial charge < -0.3 is 9.47 Å². The van der Waals surface area contributed by atoms with Crippen molar-refractivity contribution in [3.05, 3.63) is 46.2 Å². The van der Waals surface area contributed by atoms with Gasteiger partial charge in [-0.05, 0) is 61.2 Å². The van der Waals surface area contributed by atoms with Crippen LogP contribution in [0.1, 0.15) is 23.6 Å². The van der Waals surface area contributed by atoms with E-state index in [0.29, 0.717) is 0 Å². The average Bonchev–Trinajstić information content (AvgIpc) is 2.45. The van der Waals surface area contributed by atoms with E-state index in [1.54, 1.807) is 14.2 Å². The molecule has 0 aliphatic heterocycles. The van der Waals surface area contributed by atoms with Crippen LogP contribution < -0.4 is 4.74 Å². The third-order valence-corrected chi connectivity index (χ3v) is 3.05. The van der Waals surface area contributed by atoms with Gasteiger partial charge in [-0.2, -0.15) is 0 Å². The minimum absolute atomic E-state index is 0.908. The maximum Gasteiger partial charge on any atom is 0.122 e. The molecule has 0 atom stereocenters. The second-order valence-electron chi connectivity index (χ2n) is 4.44. The fourth-order valence-electron chi connectivity index (χ4n) is 2.17. The van der Waals surface area contributed by atoms with Crippen LogP contribution in [-0.4, -0.2) is 14.2 Å². The van der Waals surface area contributed by atoms with Crippen molar-refractivity contribution >= 4 is 6.08 Å². The Hall–Kier alpha value is -1.70. The summed E-state index contributed by atoms with van der Waals surface area (Å²) in [6.07, 6.45) is 5.11. The van der Waals surface area contributed by atoms with Gasteiger partial charge in [0.2, 0.25) is 0 Å². The molecule has 0 amide bonds. The molecule has 2 heteroatoms. The summed E-state index contributed by atoms with van der Waals surface area (Å²) in [5.74, 6) is 1.86. The van der Waals surface area contributed by atoms with Gasteiger partial charge >= 0.3 is 0 Å². The number of ether oxygens (including phenoxy) is 2. The molecule has 0 aromatic heterocycles. The second kappa shape index (κ2) is 4.66. The Morgan fingerprint density at radius 1 is 1.00 bits per heavy atom. The van der Waals surface area contributed by atoms with Crippen LogP contribution in [0.25, 0.3) is 6.08 Å². The maximum absolute atomic E-state index is 5.37. The highest BCUT2D eigenvalue weighted by Gasteiger charge is 2.11. The number of methoxy groups -OCH3 is 2. The summed E-state index contributed by atoms with van der Waals surface area (Å²) in [5, 5.41) is 0. The minimum Gasteiger partial charge on any atom is -0.497 e. The molecule has 0 bridgehead atoms. The van der Waals surface area contributed by atoms with Crippen molar-refractivity contribution in [2.75, 3.05) is 14.2 Å². The Balaban J connectivity index is 2.55. The fraction of sp³-hybridized carbons (Fsp3) is 0.333. The molecule has 0 fully saturated rings. The van der Waals surface area contributed by atoms with Crippen molar-refractivity contribution in [3.63, 3.8) is 0 Å². The van der Waals surface area contributed by atoms with Crippen molar-refractivity contribution in [2.45, 2.75) is 20.3 Å². The van der Waals surface area contributed by atoms with Gasteiger partial charge in [-0.3, -0.25) is 0 Å². The molecule has 90 valence electrons. The molecular weight excluding hydrogens is 212 g/mol. The monoisotopic (exact) mass is 230 g/mol. The fourth-order valence-corrected chi connectivity index (χ4v) is 2.17. The zero-order valence-corrected chi connectivity index (χ0v) is 10.8. The van der Waals surface area contributed by atoms with Crippen LogP contribution in [0.4, 0.5) is 0 Å². The van der Waals surface area contributed by atoms with Crippen molar-refractivity contribution in [1.82, 2.24) is 0 Å². The number of hydrogen-bond donors (Lipinski definition) is 0. The van der Waals surface area contributed by atoms with E-state index in [-0.39, 0.29) is 0 Å². The van der Waals surface area contributed by atoms with Gasteiger partial charge in [-0.1, -0.05) is 5.57 Å². The predicted octanol–water partition coefficient (Wildman–Crippen LogP) is 3.49. The lowest BCUT2D eigenvalue weighted by Gasteiger charge is -2.10. The van der Waals surface area contributed by atoms with E-state index in [1.165, 1.54) is 16.7 Å². The lowest BCUT2D eigenvalue weighted by molar-refractivity contribution is 0.310. The molecule has 0 saturated carbocycles. The molecule has 0 spiro atoms. The number of rotatable bonds is 2. The molecule has 1 aliphatic rings. The van der Waals surface area contributed by atoms with Crippen LogP contribution in [0.2, 0.25) is 0 Å². The van der Waals surface area contributed by atoms with Crippen LogP contribution in [0.5, 0.6) is 5.75 Å². The van der Waals surface area contributed by atoms with Crippen LogP contribution in [-0.2, 0) is 11.2 Å². The zero-order valence-electron chi connectivity index (χ0n) is 10.8. The van der Waals surface area contributed by atoms with E-state index in [2.05, 4.69) is 38.1 Å². The molecule has 0 N–H and O–H groups in total. The van der Waals surface area contributed by atoms with Gasteiger partial charge in [0.1, 0.15) is 11.5 Å². The first-order valence-electron chi connectivity index (χ1n) is 5.74. The van der Waals surface area contributed by atoms with E-state index < -0.39 is 0 Å². The van der Waals surface area contributed by atoms with Crippen molar-refractivity contribution in [1.29, 1.82) is 0 Å². The van der Waals surface area contributed by atoms with Crippen LogP contribution >= 0.6 is 0 Å². The maximum atomic E-state index is 5.37. The third kappa shape index (κ3) is 2.36. The highest BCUT2D eigenvalue weighted by molar-refractivity contribution is 5.63. The summed E-state index contributed by atoms with van der Waals surface area (Å²) in [6.45, 7) is 4.18. The normalized spacial score (nSPS) is 14.4. The van der Waals surface area contributed by atoms with Crippen LogP contribution in [0.15, 0.2) is 29.5 Å². The lowest BCUT2D eigenvalue weighted by atomic mass is 9.99. The molecule has 1 aromatic carbocycles. The number of hydrogen-bond acceptors (Lipinski definition) is 2. The first kappa shape index (κ1) is 11.8. The third-order valence-electron chi connectivity index (χ3n) is 3.05. The molecule has 0 saturated heterocycles. The van der Waals surface area contributed by atoms with Gasteiger partial charge in [0.05, 0.1) is 14.2 Å². The molecule has 0 radical (unpaired) electrons. The second-order valence-corrected chi connectivity index (χ2v) is 4.44. The van der Waals surface area contributed by atoms with Crippen LogP contribution in [0.3, 0.4) is 0 Å². The van der Waals surface area contributed by atoms with E-state index >= 15 is 0 Å². The average molecular weight is 230 g/mol. The highest BCUT2D eigenvalue weighted by atomic mass is 16.5. The first-order chi connectivity index (χ1) is 8.13. The Bertz CT molecular complexity index is 496. The Morgan fingerprint density at radius 3 is 2.41 bits per heavy atom. The Labute approximate surface area is 103 Å². The Kier molecular flexibility index (Phi) is 3.23. The zero-order chi connectivity index (χ0) is 12.4. The summed E-state index contributed by atoms with van der Waals surface area (Å²) < 4.78 is 10.7. The molecule has 17 heavy (non-hydrogen) atoms. The molecule has 2 rings (SSSR count). The number of fused-ring (bicyclic) bond motifs is 1. The molecule has 0 unspecified atom stereocenters.